The Morgan fingerprint density at radius 2 is 2.00 bits per heavy atom. The fourth-order valence-corrected chi connectivity index (χ4v) is 2.39. The van der Waals surface area contributed by atoms with E-state index in [0.29, 0.717) is 12.1 Å². The highest BCUT2D eigenvalue weighted by Crippen LogP contribution is 2.13. The van der Waals surface area contributed by atoms with Gasteiger partial charge in [-0.25, -0.2) is 0 Å². The monoisotopic (exact) mass is 339 g/mol. The molecule has 0 aliphatic carbocycles. The van der Waals surface area contributed by atoms with E-state index in [1.807, 2.05) is 12.1 Å². The Balaban J connectivity index is 1.69. The maximum absolute atomic E-state index is 11.9. The molecule has 1 saturated heterocycles. The van der Waals surface area contributed by atoms with E-state index in [1.54, 1.807) is 12.1 Å². The standard InChI is InChI=1S/C15H18BrNO3/c16-12-5-3-11(4-6-12)14(18)7-8-15(19)17-10-13-2-1-9-20-13/h3-6,13H,1-2,7-10H2,(H,17,19)/t13-/m1/s1. The Bertz CT molecular complexity index is 467. The molecular weight excluding hydrogens is 322 g/mol. The lowest BCUT2D eigenvalue weighted by Gasteiger charge is -2.10. The molecule has 4 nitrogen and oxygen atoms in total. The first kappa shape index (κ1) is 15.2. The van der Waals surface area contributed by atoms with Gasteiger partial charge in [0, 0.05) is 36.0 Å². The number of nitrogens with one attached hydrogen (secondary N) is 1. The number of carbonyl (C=O) groups is 2. The van der Waals surface area contributed by atoms with Gasteiger partial charge >= 0.3 is 0 Å². The first-order valence-corrected chi connectivity index (χ1v) is 7.61. The first-order valence-electron chi connectivity index (χ1n) is 6.82. The summed E-state index contributed by atoms with van der Waals surface area (Å²) < 4.78 is 6.36. The van der Waals surface area contributed by atoms with Gasteiger partial charge in [0.1, 0.15) is 0 Å². The number of ketones is 1. The van der Waals surface area contributed by atoms with E-state index in [-0.39, 0.29) is 30.6 Å². The maximum atomic E-state index is 11.9. The summed E-state index contributed by atoms with van der Waals surface area (Å²) in [6.45, 7) is 1.33. The van der Waals surface area contributed by atoms with Gasteiger partial charge in [0.15, 0.2) is 5.78 Å². The van der Waals surface area contributed by atoms with Crippen molar-refractivity contribution < 1.29 is 14.3 Å². The van der Waals surface area contributed by atoms with E-state index in [0.717, 1.165) is 23.9 Å². The van der Waals surface area contributed by atoms with Crippen molar-refractivity contribution >= 4 is 27.6 Å². The van der Waals surface area contributed by atoms with Gasteiger partial charge in [0.2, 0.25) is 5.91 Å². The number of benzene rings is 1. The summed E-state index contributed by atoms with van der Waals surface area (Å²) in [5.74, 6) is -0.101. The Hall–Kier alpha value is -1.20. The van der Waals surface area contributed by atoms with Crippen LogP contribution in [0, 0.1) is 0 Å². The van der Waals surface area contributed by atoms with Gasteiger partial charge in [-0.05, 0) is 25.0 Å². The molecule has 5 heteroatoms. The fourth-order valence-electron chi connectivity index (χ4n) is 2.13. The van der Waals surface area contributed by atoms with Crippen LogP contribution < -0.4 is 5.32 Å². The third kappa shape index (κ3) is 4.72. The Labute approximate surface area is 127 Å². The van der Waals surface area contributed by atoms with E-state index in [2.05, 4.69) is 21.2 Å². The van der Waals surface area contributed by atoms with Crippen molar-refractivity contribution in [3.05, 3.63) is 34.3 Å². The number of hydrogen-bond donors (Lipinski definition) is 1. The van der Waals surface area contributed by atoms with Gasteiger partial charge in [0.25, 0.3) is 0 Å². The Morgan fingerprint density at radius 3 is 2.65 bits per heavy atom. The molecule has 1 atom stereocenters. The molecule has 1 aliphatic rings. The van der Waals surface area contributed by atoms with Crippen molar-refractivity contribution in [2.45, 2.75) is 31.8 Å². The van der Waals surface area contributed by atoms with Crippen molar-refractivity contribution in [1.82, 2.24) is 5.32 Å². The lowest BCUT2D eigenvalue weighted by molar-refractivity contribution is -0.121. The topological polar surface area (TPSA) is 55.4 Å². The van der Waals surface area contributed by atoms with E-state index in [1.165, 1.54) is 0 Å². The van der Waals surface area contributed by atoms with Gasteiger partial charge < -0.3 is 10.1 Å². The molecule has 0 spiro atoms. The number of carbonyl (C=O) groups excluding carboxylic acids is 2. The molecule has 0 saturated carbocycles. The lowest BCUT2D eigenvalue weighted by Crippen LogP contribution is -2.31. The second kappa shape index (κ2) is 7.55. The summed E-state index contributed by atoms with van der Waals surface area (Å²) >= 11 is 3.32. The van der Waals surface area contributed by atoms with E-state index >= 15 is 0 Å². The van der Waals surface area contributed by atoms with Crippen molar-refractivity contribution in [2.24, 2.45) is 0 Å². The van der Waals surface area contributed by atoms with Gasteiger partial charge in [-0.3, -0.25) is 9.59 Å². The average Bonchev–Trinajstić information content (AvgIpc) is 2.96. The third-order valence-corrected chi connectivity index (χ3v) is 3.82. The molecule has 2 rings (SSSR count). The summed E-state index contributed by atoms with van der Waals surface area (Å²) in [4.78, 5) is 23.6. The van der Waals surface area contributed by atoms with Crippen molar-refractivity contribution in [3.63, 3.8) is 0 Å². The fraction of sp³-hybridized carbons (Fsp3) is 0.467. The molecule has 1 aromatic carbocycles. The van der Waals surface area contributed by atoms with Gasteiger partial charge in [-0.2, -0.15) is 0 Å². The third-order valence-electron chi connectivity index (χ3n) is 3.30. The number of hydrogen-bond acceptors (Lipinski definition) is 3. The van der Waals surface area contributed by atoms with Crippen LogP contribution >= 0.6 is 15.9 Å². The molecule has 20 heavy (non-hydrogen) atoms. The van der Waals surface area contributed by atoms with Gasteiger partial charge in [0.05, 0.1) is 6.10 Å². The molecule has 1 N–H and O–H groups in total. The molecule has 108 valence electrons. The predicted octanol–water partition coefficient (Wildman–Crippen LogP) is 2.71. The molecule has 0 aromatic heterocycles. The normalized spacial score (nSPS) is 17.9. The van der Waals surface area contributed by atoms with Crippen molar-refractivity contribution in [1.29, 1.82) is 0 Å². The molecular formula is C15H18BrNO3. The summed E-state index contributed by atoms with van der Waals surface area (Å²) in [6.07, 6.45) is 2.66. The van der Waals surface area contributed by atoms with Crippen molar-refractivity contribution in [3.8, 4) is 0 Å². The number of rotatable bonds is 6. The summed E-state index contributed by atoms with van der Waals surface area (Å²) in [7, 11) is 0. The molecule has 1 heterocycles. The smallest absolute Gasteiger partial charge is 0.220 e. The Morgan fingerprint density at radius 1 is 1.25 bits per heavy atom. The molecule has 0 unspecified atom stereocenters. The lowest BCUT2D eigenvalue weighted by atomic mass is 10.1. The minimum Gasteiger partial charge on any atom is -0.376 e. The van der Waals surface area contributed by atoms with Crippen LogP contribution in [0.3, 0.4) is 0 Å². The first-order chi connectivity index (χ1) is 9.65. The number of amides is 1. The number of Topliss-reactive ketones (excluding diaryl/α,β-unsaturated/α-hetero) is 1. The van der Waals surface area contributed by atoms with Crippen LogP contribution in [0.25, 0.3) is 0 Å². The largest absolute Gasteiger partial charge is 0.376 e. The molecule has 0 radical (unpaired) electrons. The van der Waals surface area contributed by atoms with Crippen LogP contribution in [0.15, 0.2) is 28.7 Å². The summed E-state index contributed by atoms with van der Waals surface area (Å²) in [6, 6.07) is 7.17. The second-order valence-electron chi connectivity index (χ2n) is 4.87. The van der Waals surface area contributed by atoms with E-state index in [4.69, 9.17) is 4.74 Å². The van der Waals surface area contributed by atoms with Crippen LogP contribution in [-0.4, -0.2) is 30.9 Å². The molecule has 0 bridgehead atoms. The van der Waals surface area contributed by atoms with Crippen LogP contribution in [0.1, 0.15) is 36.0 Å². The SMILES string of the molecule is O=C(CCC(=O)c1ccc(Br)cc1)NC[C@H]1CCCO1. The summed E-state index contributed by atoms with van der Waals surface area (Å²) in [5.41, 5.74) is 0.639. The average molecular weight is 340 g/mol. The van der Waals surface area contributed by atoms with Gasteiger partial charge in [-0.1, -0.05) is 28.1 Å². The number of ether oxygens (including phenoxy) is 1. The number of halogens is 1. The van der Waals surface area contributed by atoms with Crippen LogP contribution in [0.2, 0.25) is 0 Å². The van der Waals surface area contributed by atoms with Crippen LogP contribution in [-0.2, 0) is 9.53 Å². The highest BCUT2D eigenvalue weighted by Gasteiger charge is 2.16. The van der Waals surface area contributed by atoms with Crippen molar-refractivity contribution in [2.75, 3.05) is 13.2 Å². The molecule has 1 fully saturated rings. The zero-order chi connectivity index (χ0) is 14.4. The van der Waals surface area contributed by atoms with Crippen LogP contribution in [0.5, 0.6) is 0 Å². The summed E-state index contributed by atoms with van der Waals surface area (Å²) in [5, 5.41) is 2.82. The quantitative estimate of drug-likeness (QED) is 0.810. The minimum atomic E-state index is -0.0917. The molecule has 1 aliphatic heterocycles. The zero-order valence-electron chi connectivity index (χ0n) is 11.2. The Kier molecular flexibility index (Phi) is 5.73. The van der Waals surface area contributed by atoms with Gasteiger partial charge in [-0.15, -0.1) is 0 Å². The highest BCUT2D eigenvalue weighted by molar-refractivity contribution is 9.10. The van der Waals surface area contributed by atoms with Crippen LogP contribution in [0.4, 0.5) is 0 Å². The maximum Gasteiger partial charge on any atom is 0.220 e. The van der Waals surface area contributed by atoms with E-state index < -0.39 is 0 Å². The minimum absolute atomic E-state index is 0.00948. The zero-order valence-corrected chi connectivity index (χ0v) is 12.8. The second-order valence-corrected chi connectivity index (χ2v) is 5.78. The highest BCUT2D eigenvalue weighted by atomic mass is 79.9. The molecule has 1 aromatic rings. The molecule has 1 amide bonds. The van der Waals surface area contributed by atoms with E-state index in [9.17, 15) is 9.59 Å². The predicted molar refractivity (Wildman–Crippen MR) is 79.7 cm³/mol.